The summed E-state index contributed by atoms with van der Waals surface area (Å²) in [7, 11) is 0. The molecule has 2 aromatic heterocycles. The maximum atomic E-state index is 12.7. The van der Waals surface area contributed by atoms with E-state index < -0.39 is 11.9 Å². The Hall–Kier alpha value is -1.68. The summed E-state index contributed by atoms with van der Waals surface area (Å²) in [5.41, 5.74) is -0.514. The van der Waals surface area contributed by atoms with Gasteiger partial charge in [-0.3, -0.25) is 5.32 Å². The molecule has 2 aromatic rings. The molecule has 2 amide bonds. The number of pyridine rings is 1. The van der Waals surface area contributed by atoms with E-state index in [0.717, 1.165) is 16.7 Å². The topological polar surface area (TPSA) is 58.1 Å². The summed E-state index contributed by atoms with van der Waals surface area (Å²) in [6, 6.07) is 1.17. The van der Waals surface area contributed by atoms with Crippen LogP contribution in [0.15, 0.2) is 22.1 Å². The lowest BCUT2D eigenvalue weighted by Crippen LogP contribution is -2.34. The third kappa shape index (κ3) is 4.23. The monoisotopic (exact) mass is 422 g/mol. The maximum Gasteiger partial charge on any atom is 0.434 e. The van der Waals surface area contributed by atoms with Gasteiger partial charge in [0.1, 0.15) is 10.8 Å². The minimum absolute atomic E-state index is 0.190. The second kappa shape index (κ2) is 7.47. The first-order valence-corrected chi connectivity index (χ1v) is 8.68. The van der Waals surface area contributed by atoms with E-state index >= 15 is 0 Å². The van der Waals surface area contributed by atoms with Crippen LogP contribution in [0.5, 0.6) is 0 Å². The zero-order valence-corrected chi connectivity index (χ0v) is 15.2. The number of halogens is 4. The smallest absolute Gasteiger partial charge is 0.325 e. The fraction of sp³-hybridized carbons (Fsp3) is 0.357. The van der Waals surface area contributed by atoms with Crippen LogP contribution >= 0.6 is 27.3 Å². The fourth-order valence-electron chi connectivity index (χ4n) is 1.90. The number of nitrogens with zero attached hydrogens (tertiary/aromatic N) is 3. The standard InChI is InChI=1S/C14H14BrF3N4OS/c1-3-22(4-2)13(23)21-11-5-8(9(15)6-19-11)12-20-10(7-24-12)14(16,17)18/h5-7H,3-4H2,1-2H3,(H,19,21,23). The summed E-state index contributed by atoms with van der Waals surface area (Å²) in [4.78, 5) is 21.3. The van der Waals surface area contributed by atoms with Gasteiger partial charge in [-0.25, -0.2) is 14.8 Å². The number of thiazole rings is 1. The summed E-state index contributed by atoms with van der Waals surface area (Å²) >= 11 is 4.12. The molecule has 0 aromatic carbocycles. The number of hydrogen-bond donors (Lipinski definition) is 1. The molecule has 1 N–H and O–H groups in total. The Balaban J connectivity index is 2.29. The summed E-state index contributed by atoms with van der Waals surface area (Å²) < 4.78 is 38.6. The van der Waals surface area contributed by atoms with Gasteiger partial charge in [-0.2, -0.15) is 13.2 Å². The van der Waals surface area contributed by atoms with E-state index in [1.807, 2.05) is 13.8 Å². The van der Waals surface area contributed by atoms with Gasteiger partial charge in [-0.1, -0.05) is 0 Å². The number of anilines is 1. The van der Waals surface area contributed by atoms with Gasteiger partial charge < -0.3 is 4.90 Å². The Kier molecular flexibility index (Phi) is 5.81. The molecule has 130 valence electrons. The zero-order valence-electron chi connectivity index (χ0n) is 12.8. The molecule has 10 heteroatoms. The maximum absolute atomic E-state index is 12.7. The van der Waals surface area contributed by atoms with Gasteiger partial charge in [0.2, 0.25) is 0 Å². The minimum atomic E-state index is -4.49. The average molecular weight is 423 g/mol. The quantitative estimate of drug-likeness (QED) is 0.764. The Morgan fingerprint density at radius 1 is 1.38 bits per heavy atom. The lowest BCUT2D eigenvalue weighted by molar-refractivity contribution is -0.140. The van der Waals surface area contributed by atoms with Crippen LogP contribution in [0.1, 0.15) is 19.5 Å². The zero-order chi connectivity index (χ0) is 17.9. The van der Waals surface area contributed by atoms with E-state index in [4.69, 9.17) is 0 Å². The molecule has 2 rings (SSSR count). The number of hydrogen-bond acceptors (Lipinski definition) is 4. The SMILES string of the molecule is CCN(CC)C(=O)Nc1cc(-c2nc(C(F)(F)F)cs2)c(Br)cn1. The number of carbonyl (C=O) groups excluding carboxylic acids is 1. The van der Waals surface area contributed by atoms with Gasteiger partial charge in [0, 0.05) is 34.7 Å². The average Bonchev–Trinajstić information content (AvgIpc) is 3.00. The molecule has 0 bridgehead atoms. The van der Waals surface area contributed by atoms with Crippen LogP contribution in [-0.4, -0.2) is 34.0 Å². The third-order valence-electron chi connectivity index (χ3n) is 3.17. The molecule has 0 unspecified atom stereocenters. The Morgan fingerprint density at radius 2 is 2.04 bits per heavy atom. The van der Waals surface area contributed by atoms with E-state index in [2.05, 4.69) is 31.2 Å². The highest BCUT2D eigenvalue weighted by atomic mass is 79.9. The number of urea groups is 1. The first-order chi connectivity index (χ1) is 11.3. The number of nitrogens with one attached hydrogen (secondary N) is 1. The largest absolute Gasteiger partial charge is 0.434 e. The van der Waals surface area contributed by atoms with Crippen LogP contribution < -0.4 is 5.32 Å². The van der Waals surface area contributed by atoms with E-state index in [0.29, 0.717) is 23.1 Å². The first kappa shape index (κ1) is 18.7. The van der Waals surface area contributed by atoms with Gasteiger partial charge in [-0.05, 0) is 35.8 Å². The summed E-state index contributed by atoms with van der Waals surface area (Å²) in [6.07, 6.45) is -3.07. The van der Waals surface area contributed by atoms with E-state index in [-0.39, 0.29) is 16.9 Å². The normalized spacial score (nSPS) is 11.4. The Labute approximate surface area is 149 Å². The second-order valence-corrected chi connectivity index (χ2v) is 6.40. The molecule has 0 aliphatic carbocycles. The molecular weight excluding hydrogens is 409 g/mol. The van der Waals surface area contributed by atoms with Crippen molar-refractivity contribution in [3.05, 3.63) is 27.8 Å². The van der Waals surface area contributed by atoms with Crippen molar-refractivity contribution in [2.45, 2.75) is 20.0 Å². The van der Waals surface area contributed by atoms with Crippen molar-refractivity contribution in [1.29, 1.82) is 0 Å². The van der Waals surface area contributed by atoms with Gasteiger partial charge in [0.05, 0.1) is 0 Å². The van der Waals surface area contributed by atoms with Crippen molar-refractivity contribution in [3.63, 3.8) is 0 Å². The Bertz CT molecular complexity index is 731. The molecule has 0 aliphatic rings. The van der Waals surface area contributed by atoms with Crippen molar-refractivity contribution in [3.8, 4) is 10.6 Å². The van der Waals surface area contributed by atoms with Crippen LogP contribution in [0.2, 0.25) is 0 Å². The third-order valence-corrected chi connectivity index (χ3v) is 4.67. The number of aromatic nitrogens is 2. The summed E-state index contributed by atoms with van der Waals surface area (Å²) in [5.74, 6) is 0.244. The lowest BCUT2D eigenvalue weighted by Gasteiger charge is -2.19. The summed E-state index contributed by atoms with van der Waals surface area (Å²) in [6.45, 7) is 4.76. The molecule has 5 nitrogen and oxygen atoms in total. The molecule has 2 heterocycles. The number of carbonyl (C=O) groups is 1. The van der Waals surface area contributed by atoms with Crippen molar-refractivity contribution in [2.24, 2.45) is 0 Å². The predicted octanol–water partition coefficient (Wildman–Crippen LogP) is 4.86. The summed E-state index contributed by atoms with van der Waals surface area (Å²) in [5, 5.41) is 3.77. The molecule has 0 saturated heterocycles. The molecule has 0 spiro atoms. The number of rotatable bonds is 4. The van der Waals surface area contributed by atoms with E-state index in [1.54, 1.807) is 4.90 Å². The van der Waals surface area contributed by atoms with Crippen LogP contribution in [0.3, 0.4) is 0 Å². The fourth-order valence-corrected chi connectivity index (χ4v) is 3.29. The van der Waals surface area contributed by atoms with E-state index in [1.165, 1.54) is 12.3 Å². The predicted molar refractivity (Wildman–Crippen MR) is 90.0 cm³/mol. The lowest BCUT2D eigenvalue weighted by atomic mass is 10.2. The molecule has 0 radical (unpaired) electrons. The van der Waals surface area contributed by atoms with Gasteiger partial charge in [-0.15, -0.1) is 11.3 Å². The highest BCUT2D eigenvalue weighted by molar-refractivity contribution is 9.10. The van der Waals surface area contributed by atoms with Gasteiger partial charge in [0.15, 0.2) is 5.69 Å². The van der Waals surface area contributed by atoms with Crippen LogP contribution in [0.4, 0.5) is 23.8 Å². The molecule has 0 saturated carbocycles. The number of alkyl halides is 3. The van der Waals surface area contributed by atoms with Crippen LogP contribution in [0.25, 0.3) is 10.6 Å². The highest BCUT2D eigenvalue weighted by Gasteiger charge is 2.34. The molecular formula is C14H14BrF3N4OS. The molecule has 0 aliphatic heterocycles. The first-order valence-electron chi connectivity index (χ1n) is 7.00. The van der Waals surface area contributed by atoms with Crippen LogP contribution in [0, 0.1) is 0 Å². The minimum Gasteiger partial charge on any atom is -0.325 e. The molecule has 0 atom stereocenters. The highest BCUT2D eigenvalue weighted by Crippen LogP contribution is 2.36. The van der Waals surface area contributed by atoms with Crippen molar-refractivity contribution in [1.82, 2.24) is 14.9 Å². The van der Waals surface area contributed by atoms with Crippen molar-refractivity contribution < 1.29 is 18.0 Å². The van der Waals surface area contributed by atoms with Crippen molar-refractivity contribution in [2.75, 3.05) is 18.4 Å². The van der Waals surface area contributed by atoms with Gasteiger partial charge in [0.25, 0.3) is 0 Å². The number of amides is 2. The van der Waals surface area contributed by atoms with Crippen LogP contribution in [-0.2, 0) is 6.18 Å². The molecule has 24 heavy (non-hydrogen) atoms. The van der Waals surface area contributed by atoms with Gasteiger partial charge >= 0.3 is 12.2 Å². The Morgan fingerprint density at radius 3 is 2.58 bits per heavy atom. The van der Waals surface area contributed by atoms with E-state index in [9.17, 15) is 18.0 Å². The second-order valence-electron chi connectivity index (χ2n) is 4.69. The molecule has 0 fully saturated rings. The van der Waals surface area contributed by atoms with Crippen molar-refractivity contribution >= 4 is 39.1 Å².